The van der Waals surface area contributed by atoms with Gasteiger partial charge in [0.25, 0.3) is 0 Å². The highest BCUT2D eigenvalue weighted by Crippen LogP contribution is 2.28. The van der Waals surface area contributed by atoms with E-state index in [0.29, 0.717) is 10.7 Å². The van der Waals surface area contributed by atoms with Crippen LogP contribution in [0.4, 0.5) is 5.13 Å². The highest BCUT2D eigenvalue weighted by Gasteiger charge is 2.04. The van der Waals surface area contributed by atoms with Gasteiger partial charge < -0.3 is 5.11 Å². The van der Waals surface area contributed by atoms with Crippen LogP contribution in [0, 0.1) is 0 Å². The monoisotopic (exact) mass is 436 g/mol. The molecule has 3 nitrogen and oxygen atoms in total. The topological polar surface area (TPSA) is 45.5 Å². The van der Waals surface area contributed by atoms with Crippen molar-refractivity contribution >= 4 is 54.5 Å². The maximum Gasteiger partial charge on any atom is 0.209 e. The lowest BCUT2D eigenvalue weighted by Crippen LogP contribution is -1.82. The van der Waals surface area contributed by atoms with E-state index in [1.807, 2.05) is 35.7 Å². The largest absolute Gasteiger partial charge is 0.507 e. The Labute approximate surface area is 148 Å². The van der Waals surface area contributed by atoms with Gasteiger partial charge in [-0.25, -0.2) is 9.98 Å². The lowest BCUT2D eigenvalue weighted by atomic mass is 10.2. The van der Waals surface area contributed by atoms with Gasteiger partial charge in [-0.05, 0) is 30.3 Å². The summed E-state index contributed by atoms with van der Waals surface area (Å²) < 4.78 is 1.87. The molecule has 0 saturated carbocycles. The summed E-state index contributed by atoms with van der Waals surface area (Å²) in [6, 6.07) is 13.3. The number of aliphatic imine (C=N–C) groups is 1. The number of benzene rings is 2. The molecule has 110 valence electrons. The lowest BCUT2D eigenvalue weighted by molar-refractivity contribution is 0.474. The van der Waals surface area contributed by atoms with Crippen LogP contribution in [0.5, 0.6) is 5.75 Å². The molecule has 22 heavy (non-hydrogen) atoms. The summed E-state index contributed by atoms with van der Waals surface area (Å²) in [7, 11) is 0. The number of hydrogen-bond donors (Lipinski definition) is 1. The minimum atomic E-state index is 0.183. The Bertz CT molecular complexity index is 828. The molecule has 6 heteroatoms. The molecule has 1 N–H and O–H groups in total. The molecule has 0 aliphatic carbocycles. The molecular formula is C16H10Br2N2OS. The number of halogens is 2. The van der Waals surface area contributed by atoms with Gasteiger partial charge in [0, 0.05) is 31.7 Å². The molecule has 0 atom stereocenters. The van der Waals surface area contributed by atoms with Crippen molar-refractivity contribution < 1.29 is 5.11 Å². The first kappa shape index (κ1) is 15.4. The van der Waals surface area contributed by atoms with E-state index in [4.69, 9.17) is 0 Å². The highest BCUT2D eigenvalue weighted by atomic mass is 79.9. The Balaban J connectivity index is 1.82. The summed E-state index contributed by atoms with van der Waals surface area (Å²) in [6.07, 6.45) is 1.62. The number of aromatic nitrogens is 1. The first-order valence-corrected chi connectivity index (χ1v) is 8.82. The smallest absolute Gasteiger partial charge is 0.209 e. The molecule has 0 unspecified atom stereocenters. The van der Waals surface area contributed by atoms with Crippen LogP contribution in [0.25, 0.3) is 11.3 Å². The Kier molecular flexibility index (Phi) is 4.71. The van der Waals surface area contributed by atoms with E-state index in [-0.39, 0.29) is 5.75 Å². The predicted octanol–water partition coefficient (Wildman–Crippen LogP) is 5.79. The summed E-state index contributed by atoms with van der Waals surface area (Å²) in [4.78, 5) is 8.82. The maximum absolute atomic E-state index is 9.84. The summed E-state index contributed by atoms with van der Waals surface area (Å²) >= 11 is 8.19. The summed E-state index contributed by atoms with van der Waals surface area (Å²) in [5, 5.41) is 12.5. The molecule has 3 rings (SSSR count). The van der Waals surface area contributed by atoms with Crippen molar-refractivity contribution in [3.05, 3.63) is 62.4 Å². The van der Waals surface area contributed by atoms with E-state index in [9.17, 15) is 5.11 Å². The van der Waals surface area contributed by atoms with Crippen LogP contribution in [-0.4, -0.2) is 16.3 Å². The summed E-state index contributed by atoms with van der Waals surface area (Å²) in [5.74, 6) is 0.183. The number of phenolic OH excluding ortho intramolecular Hbond substituents is 1. The van der Waals surface area contributed by atoms with Crippen molar-refractivity contribution in [2.24, 2.45) is 4.99 Å². The number of aromatic hydroxyl groups is 1. The van der Waals surface area contributed by atoms with Crippen LogP contribution in [0.15, 0.2) is 61.8 Å². The van der Waals surface area contributed by atoms with Crippen LogP contribution in [0.1, 0.15) is 5.56 Å². The fourth-order valence-corrected chi connectivity index (χ4v) is 3.11. The van der Waals surface area contributed by atoms with E-state index in [0.717, 1.165) is 20.2 Å². The second-order valence-electron chi connectivity index (χ2n) is 4.48. The molecule has 2 aromatic carbocycles. The second kappa shape index (κ2) is 6.73. The van der Waals surface area contributed by atoms with E-state index in [1.54, 1.807) is 18.3 Å². The van der Waals surface area contributed by atoms with Crippen LogP contribution in [0.3, 0.4) is 0 Å². The molecule has 1 heterocycles. The molecule has 0 fully saturated rings. The quantitative estimate of drug-likeness (QED) is 0.527. The zero-order valence-electron chi connectivity index (χ0n) is 11.2. The molecule has 0 saturated heterocycles. The van der Waals surface area contributed by atoms with Crippen molar-refractivity contribution in [2.45, 2.75) is 0 Å². The van der Waals surface area contributed by atoms with Gasteiger partial charge in [0.15, 0.2) is 0 Å². The summed E-state index contributed by atoms with van der Waals surface area (Å²) in [6.45, 7) is 0. The molecule has 3 aromatic rings. The van der Waals surface area contributed by atoms with Crippen molar-refractivity contribution in [1.82, 2.24) is 4.98 Å². The van der Waals surface area contributed by atoms with Crippen molar-refractivity contribution in [3.63, 3.8) is 0 Å². The van der Waals surface area contributed by atoms with Crippen molar-refractivity contribution in [2.75, 3.05) is 0 Å². The third kappa shape index (κ3) is 3.63. The fourth-order valence-electron chi connectivity index (χ4n) is 1.83. The van der Waals surface area contributed by atoms with E-state index >= 15 is 0 Å². The molecule has 1 aromatic heterocycles. The zero-order valence-corrected chi connectivity index (χ0v) is 15.2. The van der Waals surface area contributed by atoms with Gasteiger partial charge >= 0.3 is 0 Å². The molecular weight excluding hydrogens is 428 g/mol. The van der Waals surface area contributed by atoms with Gasteiger partial charge in [-0.1, -0.05) is 44.0 Å². The number of thiazole rings is 1. The predicted molar refractivity (Wildman–Crippen MR) is 98.3 cm³/mol. The lowest BCUT2D eigenvalue weighted by Gasteiger charge is -1.98. The normalized spacial score (nSPS) is 11.2. The van der Waals surface area contributed by atoms with E-state index in [2.05, 4.69) is 41.8 Å². The van der Waals surface area contributed by atoms with Crippen LogP contribution < -0.4 is 0 Å². The van der Waals surface area contributed by atoms with Gasteiger partial charge in [0.1, 0.15) is 5.75 Å². The first-order valence-electron chi connectivity index (χ1n) is 6.36. The first-order chi connectivity index (χ1) is 10.6. The zero-order chi connectivity index (χ0) is 15.5. The molecule has 0 bridgehead atoms. The Morgan fingerprint density at radius 3 is 2.50 bits per heavy atom. The van der Waals surface area contributed by atoms with Gasteiger partial charge in [0.2, 0.25) is 5.13 Å². The van der Waals surface area contributed by atoms with Gasteiger partial charge in [-0.2, -0.15) is 0 Å². The average Bonchev–Trinajstić information content (AvgIpc) is 2.96. The van der Waals surface area contributed by atoms with Gasteiger partial charge in [0.05, 0.1) is 5.69 Å². The highest BCUT2D eigenvalue weighted by molar-refractivity contribution is 9.10. The van der Waals surface area contributed by atoms with E-state index in [1.165, 1.54) is 11.3 Å². The van der Waals surface area contributed by atoms with Crippen molar-refractivity contribution in [1.29, 1.82) is 0 Å². The average molecular weight is 438 g/mol. The van der Waals surface area contributed by atoms with Gasteiger partial charge in [-0.3, -0.25) is 0 Å². The molecule has 0 radical (unpaired) electrons. The number of rotatable bonds is 3. The molecule has 0 aliphatic rings. The van der Waals surface area contributed by atoms with Crippen LogP contribution >= 0.6 is 43.2 Å². The molecule has 0 aliphatic heterocycles. The number of nitrogens with zero attached hydrogens (tertiary/aromatic N) is 2. The second-order valence-corrected chi connectivity index (χ2v) is 7.15. The Morgan fingerprint density at radius 2 is 1.77 bits per heavy atom. The van der Waals surface area contributed by atoms with Crippen LogP contribution in [0.2, 0.25) is 0 Å². The molecule has 0 spiro atoms. The number of hydrogen-bond acceptors (Lipinski definition) is 4. The summed E-state index contributed by atoms with van der Waals surface area (Å²) in [5.41, 5.74) is 2.60. The van der Waals surface area contributed by atoms with Gasteiger partial charge in [-0.15, -0.1) is 11.3 Å². The van der Waals surface area contributed by atoms with Crippen LogP contribution in [-0.2, 0) is 0 Å². The Morgan fingerprint density at radius 1 is 1.05 bits per heavy atom. The van der Waals surface area contributed by atoms with Crippen molar-refractivity contribution in [3.8, 4) is 17.0 Å². The minimum absolute atomic E-state index is 0.183. The third-order valence-electron chi connectivity index (χ3n) is 2.94. The Hall–Kier alpha value is -1.50. The standard InChI is InChI=1S/C16H10Br2N2OS/c17-12-4-1-10(2-5-12)14-9-22-16(20-14)19-8-11-3-6-13(18)7-15(11)21/h1-9,21H/b19-8+. The molecule has 0 amide bonds. The number of phenols is 1. The maximum atomic E-state index is 9.84. The third-order valence-corrected chi connectivity index (χ3v) is 4.71. The SMILES string of the molecule is Oc1cc(Br)ccc1/C=N/c1nc(-c2ccc(Br)cc2)cs1. The fraction of sp³-hybridized carbons (Fsp3) is 0. The minimum Gasteiger partial charge on any atom is -0.507 e. The van der Waals surface area contributed by atoms with E-state index < -0.39 is 0 Å².